The van der Waals surface area contributed by atoms with E-state index in [4.69, 9.17) is 0 Å². The minimum atomic E-state index is 0.250. The van der Waals surface area contributed by atoms with Crippen LogP contribution >= 0.6 is 0 Å². The molecule has 2 N–H and O–H groups in total. The lowest BCUT2D eigenvalue weighted by atomic mass is 9.96. The zero-order valence-corrected chi connectivity index (χ0v) is 6.61. The molecule has 1 saturated heterocycles. The third kappa shape index (κ3) is 1.82. The van der Waals surface area contributed by atoms with Gasteiger partial charge >= 0.3 is 0 Å². The maximum Gasteiger partial charge on any atom is 0.0312 e. The first-order chi connectivity index (χ1) is 4.77. The van der Waals surface area contributed by atoms with Gasteiger partial charge in [0.1, 0.15) is 0 Å². The van der Waals surface area contributed by atoms with Crippen LogP contribution in [0, 0.1) is 0 Å². The SMILES string of the molecule is C=CCC1(C)CNCCN1. The fourth-order valence-electron chi connectivity index (χ4n) is 1.34. The first kappa shape index (κ1) is 7.76. The summed E-state index contributed by atoms with van der Waals surface area (Å²) in [5.74, 6) is 0. The molecule has 1 heterocycles. The van der Waals surface area contributed by atoms with Crippen molar-refractivity contribution in [1.29, 1.82) is 0 Å². The van der Waals surface area contributed by atoms with Gasteiger partial charge in [0, 0.05) is 25.2 Å². The average Bonchev–Trinajstić information content (AvgIpc) is 1.89. The van der Waals surface area contributed by atoms with Crippen molar-refractivity contribution in [2.75, 3.05) is 19.6 Å². The molecule has 0 spiro atoms. The first-order valence-electron chi connectivity index (χ1n) is 3.83. The quantitative estimate of drug-likeness (QED) is 0.546. The van der Waals surface area contributed by atoms with Crippen LogP contribution in [0.5, 0.6) is 0 Å². The summed E-state index contributed by atoms with van der Waals surface area (Å²) in [6.07, 6.45) is 3.01. The van der Waals surface area contributed by atoms with Gasteiger partial charge in [0.25, 0.3) is 0 Å². The minimum absolute atomic E-state index is 0.250. The second-order valence-electron chi connectivity index (χ2n) is 3.16. The molecule has 0 amide bonds. The maximum absolute atomic E-state index is 3.73. The van der Waals surface area contributed by atoms with Gasteiger partial charge in [0.05, 0.1) is 0 Å². The summed E-state index contributed by atoms with van der Waals surface area (Å²) in [5.41, 5.74) is 0.250. The Hall–Kier alpha value is -0.340. The van der Waals surface area contributed by atoms with Crippen LogP contribution in [0.3, 0.4) is 0 Å². The highest BCUT2D eigenvalue weighted by atomic mass is 15.1. The number of hydrogen-bond donors (Lipinski definition) is 2. The normalized spacial score (nSPS) is 33.7. The van der Waals surface area contributed by atoms with E-state index >= 15 is 0 Å². The molecular formula is C8H16N2. The van der Waals surface area contributed by atoms with Crippen molar-refractivity contribution in [3.05, 3.63) is 12.7 Å². The third-order valence-corrected chi connectivity index (χ3v) is 1.96. The number of rotatable bonds is 2. The Morgan fingerprint density at radius 2 is 2.40 bits per heavy atom. The lowest BCUT2D eigenvalue weighted by Gasteiger charge is -2.34. The summed E-state index contributed by atoms with van der Waals surface area (Å²) < 4.78 is 0. The molecule has 1 rings (SSSR count). The van der Waals surface area contributed by atoms with Crippen molar-refractivity contribution in [1.82, 2.24) is 10.6 Å². The van der Waals surface area contributed by atoms with E-state index in [1.165, 1.54) is 0 Å². The van der Waals surface area contributed by atoms with Gasteiger partial charge in [-0.1, -0.05) is 6.08 Å². The number of nitrogens with one attached hydrogen (secondary N) is 2. The fraction of sp³-hybridized carbons (Fsp3) is 0.750. The number of piperazine rings is 1. The van der Waals surface area contributed by atoms with Gasteiger partial charge in [-0.15, -0.1) is 6.58 Å². The molecule has 0 aromatic rings. The topological polar surface area (TPSA) is 24.1 Å². The Morgan fingerprint density at radius 1 is 1.60 bits per heavy atom. The minimum Gasteiger partial charge on any atom is -0.314 e. The summed E-state index contributed by atoms with van der Waals surface area (Å²) in [5, 5.41) is 6.81. The van der Waals surface area contributed by atoms with Crippen molar-refractivity contribution >= 4 is 0 Å². The second-order valence-corrected chi connectivity index (χ2v) is 3.16. The van der Waals surface area contributed by atoms with Crippen LogP contribution < -0.4 is 10.6 Å². The summed E-state index contributed by atoms with van der Waals surface area (Å²) in [4.78, 5) is 0. The zero-order valence-electron chi connectivity index (χ0n) is 6.61. The van der Waals surface area contributed by atoms with E-state index in [1.807, 2.05) is 6.08 Å². The predicted molar refractivity (Wildman–Crippen MR) is 44.1 cm³/mol. The van der Waals surface area contributed by atoms with Crippen molar-refractivity contribution in [3.63, 3.8) is 0 Å². The summed E-state index contributed by atoms with van der Waals surface area (Å²) in [7, 11) is 0. The van der Waals surface area contributed by atoms with E-state index in [0.29, 0.717) is 0 Å². The largest absolute Gasteiger partial charge is 0.314 e. The van der Waals surface area contributed by atoms with Crippen molar-refractivity contribution in [2.45, 2.75) is 18.9 Å². The van der Waals surface area contributed by atoms with Gasteiger partial charge in [-0.25, -0.2) is 0 Å². The first-order valence-corrected chi connectivity index (χ1v) is 3.83. The highest BCUT2D eigenvalue weighted by Gasteiger charge is 2.23. The molecule has 1 fully saturated rings. The monoisotopic (exact) mass is 140 g/mol. The van der Waals surface area contributed by atoms with E-state index in [2.05, 4.69) is 24.1 Å². The lowest BCUT2D eigenvalue weighted by molar-refractivity contribution is 0.299. The van der Waals surface area contributed by atoms with Crippen molar-refractivity contribution in [3.8, 4) is 0 Å². The Bertz CT molecular complexity index is 114. The Labute approximate surface area is 62.7 Å². The van der Waals surface area contributed by atoms with Gasteiger partial charge in [0.15, 0.2) is 0 Å². The molecule has 0 saturated carbocycles. The van der Waals surface area contributed by atoms with E-state index < -0.39 is 0 Å². The molecule has 0 aliphatic carbocycles. The predicted octanol–water partition coefficient (Wildman–Crippen LogP) is 0.514. The molecule has 58 valence electrons. The maximum atomic E-state index is 3.73. The molecule has 1 aliphatic heterocycles. The Kier molecular flexibility index (Phi) is 2.46. The molecule has 0 bridgehead atoms. The van der Waals surface area contributed by atoms with Crippen LogP contribution in [-0.4, -0.2) is 25.2 Å². The molecule has 2 heteroatoms. The van der Waals surface area contributed by atoms with Crippen LogP contribution in [0.15, 0.2) is 12.7 Å². The Morgan fingerprint density at radius 3 is 2.90 bits per heavy atom. The molecular weight excluding hydrogens is 124 g/mol. The fourth-order valence-corrected chi connectivity index (χ4v) is 1.34. The third-order valence-electron chi connectivity index (χ3n) is 1.96. The zero-order chi connectivity index (χ0) is 7.45. The molecule has 0 aromatic heterocycles. The van der Waals surface area contributed by atoms with Gasteiger partial charge < -0.3 is 10.6 Å². The molecule has 0 radical (unpaired) electrons. The summed E-state index contributed by atoms with van der Waals surface area (Å²) in [6.45, 7) is 9.17. The van der Waals surface area contributed by atoms with E-state index in [0.717, 1.165) is 26.1 Å². The molecule has 2 nitrogen and oxygen atoms in total. The smallest absolute Gasteiger partial charge is 0.0312 e. The van der Waals surface area contributed by atoms with Crippen molar-refractivity contribution in [2.24, 2.45) is 0 Å². The van der Waals surface area contributed by atoms with Gasteiger partial charge in [-0.05, 0) is 13.3 Å². The molecule has 1 atom stereocenters. The van der Waals surface area contributed by atoms with Gasteiger partial charge in [-0.2, -0.15) is 0 Å². The molecule has 1 aliphatic rings. The molecule has 0 aromatic carbocycles. The van der Waals surface area contributed by atoms with E-state index in [-0.39, 0.29) is 5.54 Å². The van der Waals surface area contributed by atoms with Crippen molar-refractivity contribution < 1.29 is 0 Å². The van der Waals surface area contributed by atoms with E-state index in [9.17, 15) is 0 Å². The van der Waals surface area contributed by atoms with Crippen LogP contribution in [0.25, 0.3) is 0 Å². The average molecular weight is 140 g/mol. The van der Waals surface area contributed by atoms with Gasteiger partial charge in [-0.3, -0.25) is 0 Å². The van der Waals surface area contributed by atoms with Crippen LogP contribution in [-0.2, 0) is 0 Å². The van der Waals surface area contributed by atoms with Crippen LogP contribution in [0.1, 0.15) is 13.3 Å². The molecule has 1 unspecified atom stereocenters. The van der Waals surface area contributed by atoms with Crippen LogP contribution in [0.2, 0.25) is 0 Å². The molecule has 10 heavy (non-hydrogen) atoms. The lowest BCUT2D eigenvalue weighted by Crippen LogP contribution is -2.56. The van der Waals surface area contributed by atoms with Crippen LogP contribution in [0.4, 0.5) is 0 Å². The standard InChI is InChI=1S/C8H16N2/c1-3-4-8(2)7-9-5-6-10-8/h3,9-10H,1,4-7H2,2H3. The summed E-state index contributed by atoms with van der Waals surface area (Å²) >= 11 is 0. The highest BCUT2D eigenvalue weighted by Crippen LogP contribution is 2.09. The summed E-state index contributed by atoms with van der Waals surface area (Å²) in [6, 6.07) is 0. The number of hydrogen-bond acceptors (Lipinski definition) is 2. The van der Waals surface area contributed by atoms with Gasteiger partial charge in [0.2, 0.25) is 0 Å². The second kappa shape index (κ2) is 3.17. The highest BCUT2D eigenvalue weighted by molar-refractivity contribution is 4.94. The Balaban J connectivity index is 2.39. The van der Waals surface area contributed by atoms with E-state index in [1.54, 1.807) is 0 Å².